The van der Waals surface area contributed by atoms with Gasteiger partial charge in [-0.05, 0) is 51.0 Å². The Morgan fingerprint density at radius 1 is 0.906 bits per heavy atom. The third kappa shape index (κ3) is 6.10. The molecular weight excluding hydrogens is 422 g/mol. The van der Waals surface area contributed by atoms with Gasteiger partial charge in [0.2, 0.25) is 0 Å². The van der Waals surface area contributed by atoms with Crippen molar-refractivity contribution in [2.75, 3.05) is 0 Å². The number of carbonyl (C=O) groups is 3. The maximum atomic E-state index is 13.4. The standard InChI is InChI=1S/C23H26F2N2O5/c1-22(2,3)21(30)32-27-19(29)17(23(4,31)20(24)25)26-18(28)16-12-10-15(11-13-16)14-8-6-5-7-9-14/h5-13,17,20,31H,1-4H3,(H,26,28)(H,27,29). The Morgan fingerprint density at radius 3 is 1.94 bits per heavy atom. The Hall–Kier alpha value is -3.33. The van der Waals surface area contributed by atoms with Crippen LogP contribution in [0.1, 0.15) is 38.1 Å². The van der Waals surface area contributed by atoms with E-state index in [-0.39, 0.29) is 5.56 Å². The number of rotatable bonds is 6. The van der Waals surface area contributed by atoms with Crippen LogP contribution >= 0.6 is 0 Å². The van der Waals surface area contributed by atoms with Gasteiger partial charge in [-0.15, -0.1) is 0 Å². The van der Waals surface area contributed by atoms with Crippen molar-refractivity contribution in [2.45, 2.75) is 45.8 Å². The van der Waals surface area contributed by atoms with Crippen molar-refractivity contribution in [3.63, 3.8) is 0 Å². The summed E-state index contributed by atoms with van der Waals surface area (Å²) in [5, 5.41) is 12.3. The summed E-state index contributed by atoms with van der Waals surface area (Å²) in [5.74, 6) is -3.00. The second-order valence-corrected chi connectivity index (χ2v) is 8.48. The van der Waals surface area contributed by atoms with E-state index in [1.807, 2.05) is 30.3 Å². The molecule has 2 aromatic carbocycles. The fourth-order valence-corrected chi connectivity index (χ4v) is 2.57. The van der Waals surface area contributed by atoms with Crippen molar-refractivity contribution >= 4 is 17.8 Å². The van der Waals surface area contributed by atoms with Crippen molar-refractivity contribution in [1.29, 1.82) is 0 Å². The molecule has 0 saturated heterocycles. The molecule has 2 unspecified atom stereocenters. The Labute approximate surface area is 184 Å². The number of hydrogen-bond acceptors (Lipinski definition) is 5. The monoisotopic (exact) mass is 448 g/mol. The van der Waals surface area contributed by atoms with Crippen LogP contribution in [-0.4, -0.2) is 41.0 Å². The molecule has 172 valence electrons. The highest BCUT2D eigenvalue weighted by atomic mass is 19.3. The van der Waals surface area contributed by atoms with Crippen LogP contribution in [0.5, 0.6) is 0 Å². The van der Waals surface area contributed by atoms with Crippen LogP contribution in [0.4, 0.5) is 8.78 Å². The first-order chi connectivity index (χ1) is 14.8. The van der Waals surface area contributed by atoms with E-state index in [9.17, 15) is 28.3 Å². The molecule has 0 aliphatic heterocycles. The Balaban J connectivity index is 2.19. The molecule has 0 fully saturated rings. The van der Waals surface area contributed by atoms with Gasteiger partial charge in [0.1, 0.15) is 6.04 Å². The minimum atomic E-state index is -3.38. The Kier molecular flexibility index (Phi) is 7.69. The molecule has 2 atom stereocenters. The summed E-state index contributed by atoms with van der Waals surface area (Å²) in [6.07, 6.45) is -3.38. The first-order valence-electron chi connectivity index (χ1n) is 9.82. The number of alkyl halides is 2. The second kappa shape index (κ2) is 9.86. The third-order valence-electron chi connectivity index (χ3n) is 4.67. The summed E-state index contributed by atoms with van der Waals surface area (Å²) in [4.78, 5) is 41.5. The zero-order valence-corrected chi connectivity index (χ0v) is 18.2. The maximum Gasteiger partial charge on any atom is 0.337 e. The first-order valence-corrected chi connectivity index (χ1v) is 9.82. The van der Waals surface area contributed by atoms with Gasteiger partial charge >= 0.3 is 5.97 Å². The minimum Gasteiger partial charge on any atom is -0.381 e. The number of aliphatic hydroxyl groups is 1. The zero-order valence-electron chi connectivity index (χ0n) is 18.2. The average Bonchev–Trinajstić information content (AvgIpc) is 2.75. The summed E-state index contributed by atoms with van der Waals surface area (Å²) in [7, 11) is 0. The number of hydrogen-bond donors (Lipinski definition) is 3. The SMILES string of the molecule is CC(C)(C)C(=O)ONC(=O)C(NC(=O)c1ccc(-c2ccccc2)cc1)C(C)(O)C(F)F. The number of benzene rings is 2. The highest BCUT2D eigenvalue weighted by Crippen LogP contribution is 2.22. The largest absolute Gasteiger partial charge is 0.381 e. The molecule has 0 aromatic heterocycles. The predicted molar refractivity (Wildman–Crippen MR) is 113 cm³/mol. The number of hydroxylamine groups is 1. The van der Waals surface area contributed by atoms with Gasteiger partial charge in [-0.1, -0.05) is 42.5 Å². The average molecular weight is 448 g/mol. The number of amides is 2. The van der Waals surface area contributed by atoms with E-state index in [0.29, 0.717) is 6.92 Å². The van der Waals surface area contributed by atoms with E-state index >= 15 is 0 Å². The summed E-state index contributed by atoms with van der Waals surface area (Å²) in [5.41, 5.74) is -0.345. The third-order valence-corrected chi connectivity index (χ3v) is 4.67. The van der Waals surface area contributed by atoms with Crippen molar-refractivity contribution in [2.24, 2.45) is 5.41 Å². The van der Waals surface area contributed by atoms with Crippen LogP contribution in [0.25, 0.3) is 11.1 Å². The molecule has 0 bridgehead atoms. The molecule has 0 heterocycles. The van der Waals surface area contributed by atoms with E-state index < -0.39 is 41.3 Å². The normalized spacial score (nSPS) is 14.2. The van der Waals surface area contributed by atoms with Gasteiger partial charge in [0.15, 0.2) is 5.60 Å². The topological polar surface area (TPSA) is 105 Å². The molecule has 0 radical (unpaired) electrons. The van der Waals surface area contributed by atoms with Crippen LogP contribution in [0.3, 0.4) is 0 Å². The Bertz CT molecular complexity index is 955. The molecule has 32 heavy (non-hydrogen) atoms. The van der Waals surface area contributed by atoms with Crippen LogP contribution in [-0.2, 0) is 14.4 Å². The lowest BCUT2D eigenvalue weighted by Gasteiger charge is -2.31. The molecule has 0 saturated carbocycles. The van der Waals surface area contributed by atoms with Crippen molar-refractivity contribution in [3.05, 3.63) is 60.2 Å². The van der Waals surface area contributed by atoms with E-state index in [1.165, 1.54) is 32.9 Å². The van der Waals surface area contributed by atoms with Crippen LogP contribution < -0.4 is 10.8 Å². The maximum absolute atomic E-state index is 13.4. The summed E-state index contributed by atoms with van der Waals surface area (Å²) in [6.45, 7) is 5.27. The smallest absolute Gasteiger partial charge is 0.337 e. The summed E-state index contributed by atoms with van der Waals surface area (Å²) < 4.78 is 26.8. The van der Waals surface area contributed by atoms with Gasteiger partial charge in [0.05, 0.1) is 5.41 Å². The van der Waals surface area contributed by atoms with E-state index in [4.69, 9.17) is 0 Å². The molecule has 0 aliphatic carbocycles. The molecule has 3 N–H and O–H groups in total. The van der Waals surface area contributed by atoms with Crippen molar-refractivity contribution in [1.82, 2.24) is 10.8 Å². The number of carbonyl (C=O) groups excluding carboxylic acids is 3. The minimum absolute atomic E-state index is 0.0826. The number of halogens is 2. The lowest BCUT2D eigenvalue weighted by atomic mass is 9.95. The predicted octanol–water partition coefficient (Wildman–Crippen LogP) is 3.09. The molecule has 2 rings (SSSR count). The fourth-order valence-electron chi connectivity index (χ4n) is 2.57. The molecule has 2 amide bonds. The van der Waals surface area contributed by atoms with Crippen LogP contribution in [0, 0.1) is 5.41 Å². The van der Waals surface area contributed by atoms with Gasteiger partial charge < -0.3 is 15.3 Å². The molecule has 7 nitrogen and oxygen atoms in total. The lowest BCUT2D eigenvalue weighted by molar-refractivity contribution is -0.171. The van der Waals surface area contributed by atoms with Gasteiger partial charge in [0, 0.05) is 5.56 Å². The fraction of sp³-hybridized carbons (Fsp3) is 0.348. The number of nitrogens with one attached hydrogen (secondary N) is 2. The second-order valence-electron chi connectivity index (χ2n) is 8.48. The first kappa shape index (κ1) is 24.9. The zero-order chi connectivity index (χ0) is 24.1. The molecule has 0 aliphatic rings. The molecule has 2 aromatic rings. The van der Waals surface area contributed by atoms with Gasteiger partial charge in [-0.2, -0.15) is 5.48 Å². The van der Waals surface area contributed by atoms with E-state index in [0.717, 1.165) is 11.1 Å². The quantitative estimate of drug-likeness (QED) is 0.589. The van der Waals surface area contributed by atoms with Crippen molar-refractivity contribution < 1.29 is 33.1 Å². The van der Waals surface area contributed by atoms with Crippen LogP contribution in [0.2, 0.25) is 0 Å². The Morgan fingerprint density at radius 2 is 1.44 bits per heavy atom. The lowest BCUT2D eigenvalue weighted by Crippen LogP contribution is -2.62. The highest BCUT2D eigenvalue weighted by molar-refractivity contribution is 5.98. The molecule has 9 heteroatoms. The summed E-state index contributed by atoms with van der Waals surface area (Å²) >= 11 is 0. The van der Waals surface area contributed by atoms with E-state index in [1.54, 1.807) is 17.6 Å². The van der Waals surface area contributed by atoms with Gasteiger partial charge in [-0.25, -0.2) is 13.6 Å². The summed E-state index contributed by atoms with van der Waals surface area (Å²) in [6, 6.07) is 13.5. The molecule has 0 spiro atoms. The van der Waals surface area contributed by atoms with E-state index in [2.05, 4.69) is 10.2 Å². The highest BCUT2D eigenvalue weighted by Gasteiger charge is 2.46. The molecular formula is C23H26F2N2O5. The van der Waals surface area contributed by atoms with Crippen LogP contribution in [0.15, 0.2) is 54.6 Å². The van der Waals surface area contributed by atoms with Gasteiger partial charge in [0.25, 0.3) is 18.2 Å². The van der Waals surface area contributed by atoms with Gasteiger partial charge in [-0.3, -0.25) is 9.59 Å². The van der Waals surface area contributed by atoms with Crippen molar-refractivity contribution in [3.8, 4) is 11.1 Å².